The van der Waals surface area contributed by atoms with E-state index in [1.807, 2.05) is 39.0 Å². The van der Waals surface area contributed by atoms with E-state index >= 15 is 0 Å². The van der Waals surface area contributed by atoms with Gasteiger partial charge in [0.1, 0.15) is 5.69 Å². The van der Waals surface area contributed by atoms with Gasteiger partial charge in [0, 0.05) is 28.6 Å². The van der Waals surface area contributed by atoms with Gasteiger partial charge in [0.05, 0.1) is 10.7 Å². The van der Waals surface area contributed by atoms with Gasteiger partial charge in [-0.15, -0.1) is 11.3 Å². The largest absolute Gasteiger partial charge is 0.320 e. The smallest absolute Gasteiger partial charge is 0.275 e. The van der Waals surface area contributed by atoms with Gasteiger partial charge in [-0.1, -0.05) is 26.0 Å². The molecule has 0 radical (unpaired) electrons. The molecule has 1 aromatic carbocycles. The minimum atomic E-state index is -0.256. The van der Waals surface area contributed by atoms with Crippen LogP contribution < -0.4 is 10.9 Å². The number of rotatable bonds is 4. The summed E-state index contributed by atoms with van der Waals surface area (Å²) in [5, 5.41) is 12.0. The van der Waals surface area contributed by atoms with Crippen LogP contribution in [0.25, 0.3) is 11.3 Å². The molecule has 3 rings (SSSR count). The minimum Gasteiger partial charge on any atom is -0.320 e. The van der Waals surface area contributed by atoms with E-state index in [2.05, 4.69) is 20.5 Å². The van der Waals surface area contributed by atoms with Crippen molar-refractivity contribution in [1.82, 2.24) is 15.2 Å². The highest BCUT2D eigenvalue weighted by Crippen LogP contribution is 2.25. The second-order valence-electron chi connectivity index (χ2n) is 6.02. The van der Waals surface area contributed by atoms with Crippen LogP contribution in [0.1, 0.15) is 40.8 Å². The quantitative estimate of drug-likeness (QED) is 0.749. The average molecular weight is 354 g/mol. The molecule has 0 aliphatic heterocycles. The number of nitrogens with zero attached hydrogens (tertiary/aromatic N) is 2. The van der Waals surface area contributed by atoms with Crippen molar-refractivity contribution in [1.29, 1.82) is 0 Å². The van der Waals surface area contributed by atoms with E-state index in [4.69, 9.17) is 0 Å². The Kier molecular flexibility index (Phi) is 4.76. The molecular formula is C18H18N4O2S. The molecule has 7 heteroatoms. The fourth-order valence-electron chi connectivity index (χ4n) is 2.26. The molecule has 0 saturated carbocycles. The number of anilines is 1. The Labute approximate surface area is 149 Å². The van der Waals surface area contributed by atoms with Gasteiger partial charge in [0.25, 0.3) is 11.5 Å². The van der Waals surface area contributed by atoms with E-state index < -0.39 is 0 Å². The predicted octanol–water partition coefficient (Wildman–Crippen LogP) is 3.58. The first-order valence-corrected chi connectivity index (χ1v) is 8.75. The topological polar surface area (TPSA) is 87.7 Å². The van der Waals surface area contributed by atoms with E-state index in [1.54, 1.807) is 11.4 Å². The molecule has 0 unspecified atom stereocenters. The summed E-state index contributed by atoms with van der Waals surface area (Å²) in [5.41, 5.74) is 3.22. The summed E-state index contributed by atoms with van der Waals surface area (Å²) >= 11 is 1.49. The van der Waals surface area contributed by atoms with Gasteiger partial charge in [-0.3, -0.25) is 9.59 Å². The maximum atomic E-state index is 12.5. The number of nitrogens with one attached hydrogen (secondary N) is 2. The predicted molar refractivity (Wildman–Crippen MR) is 99.2 cm³/mol. The number of benzene rings is 1. The molecule has 0 aliphatic rings. The van der Waals surface area contributed by atoms with Crippen molar-refractivity contribution in [3.05, 3.63) is 62.3 Å². The number of hydrogen-bond donors (Lipinski definition) is 2. The van der Waals surface area contributed by atoms with Gasteiger partial charge in [-0.2, -0.15) is 5.10 Å². The molecule has 6 nitrogen and oxygen atoms in total. The lowest BCUT2D eigenvalue weighted by atomic mass is 10.1. The highest BCUT2D eigenvalue weighted by molar-refractivity contribution is 7.09. The van der Waals surface area contributed by atoms with Crippen LogP contribution in [-0.2, 0) is 0 Å². The minimum absolute atomic E-state index is 0.238. The van der Waals surface area contributed by atoms with Gasteiger partial charge in [0.2, 0.25) is 0 Å². The van der Waals surface area contributed by atoms with Crippen LogP contribution in [0.2, 0.25) is 0 Å². The van der Waals surface area contributed by atoms with Gasteiger partial charge in [-0.25, -0.2) is 10.1 Å². The molecule has 0 atom stereocenters. The van der Waals surface area contributed by atoms with Crippen LogP contribution in [0.5, 0.6) is 0 Å². The van der Waals surface area contributed by atoms with Crippen molar-refractivity contribution in [3.63, 3.8) is 0 Å². The summed E-state index contributed by atoms with van der Waals surface area (Å²) in [6, 6.07) is 8.70. The Morgan fingerprint density at radius 3 is 2.68 bits per heavy atom. The zero-order valence-electron chi connectivity index (χ0n) is 14.2. The summed E-state index contributed by atoms with van der Waals surface area (Å²) in [6.45, 7) is 6.01. The molecule has 3 aromatic rings. The van der Waals surface area contributed by atoms with Crippen molar-refractivity contribution in [2.45, 2.75) is 26.7 Å². The Balaban J connectivity index is 1.86. The van der Waals surface area contributed by atoms with Crippen molar-refractivity contribution in [3.8, 4) is 11.3 Å². The van der Waals surface area contributed by atoms with E-state index in [1.165, 1.54) is 17.4 Å². The average Bonchev–Trinajstić information content (AvgIpc) is 3.08. The molecule has 2 heterocycles. The number of thiazole rings is 1. The normalized spacial score (nSPS) is 10.9. The third kappa shape index (κ3) is 3.83. The summed E-state index contributed by atoms with van der Waals surface area (Å²) in [6.07, 6.45) is 0. The zero-order chi connectivity index (χ0) is 18.0. The lowest BCUT2D eigenvalue weighted by Gasteiger charge is -2.09. The first-order chi connectivity index (χ1) is 11.9. The van der Waals surface area contributed by atoms with Gasteiger partial charge in [0.15, 0.2) is 0 Å². The molecular weight excluding hydrogens is 336 g/mol. The number of amides is 1. The number of aryl methyl sites for hydroxylation is 1. The molecule has 2 N–H and O–H groups in total. The number of carbonyl (C=O) groups excluding carboxylic acids is 1. The van der Waals surface area contributed by atoms with Gasteiger partial charge < -0.3 is 5.32 Å². The Morgan fingerprint density at radius 1 is 1.24 bits per heavy atom. The standard InChI is InChI=1S/C18H18N4O2S/c1-10(2)18-20-15(9-25-18)17(24)19-14-8-12(5-4-11(14)3)13-6-7-16(23)22-21-13/h4-10H,1-3H3,(H,19,24)(H,22,23). The summed E-state index contributed by atoms with van der Waals surface area (Å²) < 4.78 is 0. The molecule has 0 saturated heterocycles. The van der Waals surface area contributed by atoms with Crippen molar-refractivity contribution >= 4 is 22.9 Å². The van der Waals surface area contributed by atoms with Gasteiger partial charge >= 0.3 is 0 Å². The van der Waals surface area contributed by atoms with Crippen LogP contribution >= 0.6 is 11.3 Å². The second kappa shape index (κ2) is 6.98. The summed E-state index contributed by atoms with van der Waals surface area (Å²) in [7, 11) is 0. The van der Waals surface area contributed by atoms with Crippen molar-refractivity contribution < 1.29 is 4.79 Å². The monoisotopic (exact) mass is 354 g/mol. The van der Waals surface area contributed by atoms with Crippen LogP contribution in [0.15, 0.2) is 40.5 Å². The first kappa shape index (κ1) is 17.0. The van der Waals surface area contributed by atoms with E-state index in [0.29, 0.717) is 23.0 Å². The maximum Gasteiger partial charge on any atom is 0.275 e. The molecule has 1 amide bonds. The van der Waals surface area contributed by atoms with Crippen LogP contribution in [0, 0.1) is 6.92 Å². The SMILES string of the molecule is Cc1ccc(-c2ccc(=O)[nH]n2)cc1NC(=O)c1csc(C(C)C)n1. The Hall–Kier alpha value is -2.80. The van der Waals surface area contributed by atoms with Crippen LogP contribution in [0.4, 0.5) is 5.69 Å². The van der Waals surface area contributed by atoms with Crippen molar-refractivity contribution in [2.75, 3.05) is 5.32 Å². The highest BCUT2D eigenvalue weighted by Gasteiger charge is 2.14. The number of aromatic nitrogens is 3. The summed E-state index contributed by atoms with van der Waals surface area (Å²) in [4.78, 5) is 28.0. The molecule has 25 heavy (non-hydrogen) atoms. The van der Waals surface area contributed by atoms with Crippen LogP contribution in [-0.4, -0.2) is 21.1 Å². The highest BCUT2D eigenvalue weighted by atomic mass is 32.1. The molecule has 128 valence electrons. The fraction of sp³-hybridized carbons (Fsp3) is 0.222. The molecule has 0 fully saturated rings. The third-order valence-corrected chi connectivity index (χ3v) is 4.85. The third-order valence-electron chi connectivity index (χ3n) is 3.71. The second-order valence-corrected chi connectivity index (χ2v) is 6.91. The number of carbonyl (C=O) groups is 1. The van der Waals surface area contributed by atoms with E-state index in [0.717, 1.165) is 16.1 Å². The number of aromatic amines is 1. The molecule has 2 aromatic heterocycles. The molecule has 0 bridgehead atoms. The van der Waals surface area contributed by atoms with Crippen LogP contribution in [0.3, 0.4) is 0 Å². The first-order valence-electron chi connectivity index (χ1n) is 7.87. The number of hydrogen-bond acceptors (Lipinski definition) is 5. The van der Waals surface area contributed by atoms with E-state index in [-0.39, 0.29) is 11.5 Å². The zero-order valence-corrected chi connectivity index (χ0v) is 15.0. The molecule has 0 spiro atoms. The fourth-order valence-corrected chi connectivity index (χ4v) is 3.08. The summed E-state index contributed by atoms with van der Waals surface area (Å²) in [5.74, 6) is 0.0563. The maximum absolute atomic E-state index is 12.5. The molecule has 0 aliphatic carbocycles. The number of H-pyrrole nitrogens is 1. The Bertz CT molecular complexity index is 955. The van der Waals surface area contributed by atoms with Gasteiger partial charge in [-0.05, 0) is 24.6 Å². The van der Waals surface area contributed by atoms with Crippen molar-refractivity contribution in [2.24, 2.45) is 0 Å². The lowest BCUT2D eigenvalue weighted by molar-refractivity contribution is 0.102. The Morgan fingerprint density at radius 2 is 2.04 bits per heavy atom. The lowest BCUT2D eigenvalue weighted by Crippen LogP contribution is -2.13. The van der Waals surface area contributed by atoms with E-state index in [9.17, 15) is 9.59 Å².